The zero-order valence-electron chi connectivity index (χ0n) is 13.0. The largest absolute Gasteiger partial charge is 0.339 e. The van der Waals surface area contributed by atoms with E-state index in [0.717, 1.165) is 5.69 Å². The highest BCUT2D eigenvalue weighted by Crippen LogP contribution is 2.23. The molecule has 3 rings (SSSR count). The van der Waals surface area contributed by atoms with E-state index in [-0.39, 0.29) is 4.90 Å². The summed E-state index contributed by atoms with van der Waals surface area (Å²) >= 11 is 0. The fourth-order valence-corrected chi connectivity index (χ4v) is 3.10. The number of rotatable bonds is 4. The molecule has 0 saturated heterocycles. The highest BCUT2D eigenvalue weighted by molar-refractivity contribution is 7.89. The van der Waals surface area contributed by atoms with Gasteiger partial charge in [0.1, 0.15) is 0 Å². The maximum absolute atomic E-state index is 11.6. The number of para-hydroxylation sites is 1. The van der Waals surface area contributed by atoms with Crippen LogP contribution in [0.1, 0.15) is 5.56 Å². The number of sulfonamides is 1. The third-order valence-electron chi connectivity index (χ3n) is 3.50. The summed E-state index contributed by atoms with van der Waals surface area (Å²) in [4.78, 5) is 0.0910. The molecule has 6 nitrogen and oxygen atoms in total. The minimum absolute atomic E-state index is 0.0910. The van der Waals surface area contributed by atoms with Gasteiger partial charge in [-0.3, -0.25) is 0 Å². The van der Waals surface area contributed by atoms with Gasteiger partial charge in [-0.05, 0) is 42.8 Å². The van der Waals surface area contributed by atoms with Crippen molar-refractivity contribution >= 4 is 21.5 Å². The highest BCUT2D eigenvalue weighted by atomic mass is 32.2. The molecule has 0 aliphatic heterocycles. The van der Waals surface area contributed by atoms with Gasteiger partial charge in [0.2, 0.25) is 10.0 Å². The quantitative estimate of drug-likeness (QED) is 0.761. The van der Waals surface area contributed by atoms with Crippen molar-refractivity contribution < 1.29 is 8.42 Å². The van der Waals surface area contributed by atoms with Gasteiger partial charge < -0.3 is 5.32 Å². The first kappa shape index (κ1) is 16.1. The Hall–Kier alpha value is -2.77. The molecule has 0 bridgehead atoms. The third-order valence-corrected chi connectivity index (χ3v) is 4.55. The predicted octanol–water partition coefficient (Wildman–Crippen LogP) is 2.84. The number of nitrogens with two attached hydrogens (primary N) is 1. The van der Waals surface area contributed by atoms with Gasteiger partial charge in [-0.15, -0.1) is 10.2 Å². The molecule has 7 heteroatoms. The summed E-state index contributed by atoms with van der Waals surface area (Å²) in [5.41, 5.74) is 2.71. The molecule has 0 amide bonds. The van der Waals surface area contributed by atoms with Crippen molar-refractivity contribution in [2.24, 2.45) is 5.14 Å². The number of nitrogens with one attached hydrogen (secondary N) is 1. The van der Waals surface area contributed by atoms with Crippen LogP contribution >= 0.6 is 0 Å². The van der Waals surface area contributed by atoms with Crippen LogP contribution in [0.15, 0.2) is 65.6 Å². The van der Waals surface area contributed by atoms with Crippen molar-refractivity contribution in [2.75, 3.05) is 5.32 Å². The second-order valence-corrected chi connectivity index (χ2v) is 6.85. The molecular weight excluding hydrogens is 324 g/mol. The summed E-state index contributed by atoms with van der Waals surface area (Å²) in [6.07, 6.45) is 0. The molecule has 122 valence electrons. The summed E-state index contributed by atoms with van der Waals surface area (Å²) in [7, 11) is -3.77. The fraction of sp³-hybridized carbons (Fsp3) is 0.0588. The average molecular weight is 340 g/mol. The van der Waals surface area contributed by atoms with Crippen LogP contribution in [0.2, 0.25) is 0 Å². The SMILES string of the molecule is Cc1ccc(-c2ccc(Nc3ccccc3)nn2)cc1S(N)(=O)=O. The smallest absolute Gasteiger partial charge is 0.238 e. The van der Waals surface area contributed by atoms with E-state index >= 15 is 0 Å². The van der Waals surface area contributed by atoms with Crippen LogP contribution in [-0.4, -0.2) is 18.6 Å². The molecule has 0 atom stereocenters. The number of aryl methyl sites for hydroxylation is 1. The molecule has 0 saturated carbocycles. The Morgan fingerprint density at radius 2 is 1.71 bits per heavy atom. The van der Waals surface area contributed by atoms with Gasteiger partial charge in [0.15, 0.2) is 5.82 Å². The van der Waals surface area contributed by atoms with E-state index < -0.39 is 10.0 Å². The van der Waals surface area contributed by atoms with E-state index in [1.807, 2.05) is 30.3 Å². The summed E-state index contributed by atoms with van der Waals surface area (Å²) < 4.78 is 23.3. The van der Waals surface area contributed by atoms with Gasteiger partial charge in [-0.2, -0.15) is 0 Å². The lowest BCUT2D eigenvalue weighted by Crippen LogP contribution is -2.13. The van der Waals surface area contributed by atoms with E-state index in [2.05, 4.69) is 15.5 Å². The highest BCUT2D eigenvalue weighted by Gasteiger charge is 2.13. The second-order valence-electron chi connectivity index (χ2n) is 5.32. The Kier molecular flexibility index (Phi) is 4.28. The first-order valence-electron chi connectivity index (χ1n) is 7.23. The molecule has 1 heterocycles. The fourth-order valence-electron chi connectivity index (χ4n) is 2.29. The predicted molar refractivity (Wildman–Crippen MR) is 93.3 cm³/mol. The summed E-state index contributed by atoms with van der Waals surface area (Å²) in [6, 6.07) is 18.2. The van der Waals surface area contributed by atoms with E-state index in [4.69, 9.17) is 5.14 Å². The van der Waals surface area contributed by atoms with Crippen molar-refractivity contribution in [3.05, 3.63) is 66.2 Å². The number of aromatic nitrogens is 2. The lowest BCUT2D eigenvalue weighted by atomic mass is 10.1. The molecule has 2 aromatic carbocycles. The molecule has 0 fully saturated rings. The lowest BCUT2D eigenvalue weighted by Gasteiger charge is -2.08. The molecule has 3 aromatic rings. The third kappa shape index (κ3) is 3.58. The minimum Gasteiger partial charge on any atom is -0.339 e. The molecule has 24 heavy (non-hydrogen) atoms. The number of hydrogen-bond donors (Lipinski definition) is 2. The first-order chi connectivity index (χ1) is 11.4. The van der Waals surface area contributed by atoms with Gasteiger partial charge in [-0.1, -0.05) is 30.3 Å². The minimum atomic E-state index is -3.77. The molecule has 0 radical (unpaired) electrons. The topological polar surface area (TPSA) is 98.0 Å². The van der Waals surface area contributed by atoms with E-state index in [1.54, 1.807) is 31.2 Å². The Bertz CT molecular complexity index is 956. The molecule has 0 unspecified atom stereocenters. The molecule has 0 aliphatic rings. The van der Waals surface area contributed by atoms with E-state index in [1.165, 1.54) is 6.07 Å². The van der Waals surface area contributed by atoms with Gasteiger partial charge >= 0.3 is 0 Å². The first-order valence-corrected chi connectivity index (χ1v) is 8.78. The van der Waals surface area contributed by atoms with Gasteiger partial charge in [-0.25, -0.2) is 13.6 Å². The zero-order valence-corrected chi connectivity index (χ0v) is 13.8. The van der Waals surface area contributed by atoms with Crippen LogP contribution in [0.5, 0.6) is 0 Å². The normalized spacial score (nSPS) is 11.2. The monoisotopic (exact) mass is 340 g/mol. The summed E-state index contributed by atoms with van der Waals surface area (Å²) in [5.74, 6) is 0.601. The van der Waals surface area contributed by atoms with Crippen LogP contribution in [0.3, 0.4) is 0 Å². The van der Waals surface area contributed by atoms with Crippen molar-refractivity contribution in [2.45, 2.75) is 11.8 Å². The van der Waals surface area contributed by atoms with Crippen molar-refractivity contribution in [3.8, 4) is 11.3 Å². The van der Waals surface area contributed by atoms with Gasteiger partial charge in [0, 0.05) is 11.3 Å². The van der Waals surface area contributed by atoms with Gasteiger partial charge in [0.25, 0.3) is 0 Å². The van der Waals surface area contributed by atoms with E-state index in [0.29, 0.717) is 22.6 Å². The Morgan fingerprint density at radius 1 is 0.958 bits per heavy atom. The number of anilines is 2. The summed E-state index contributed by atoms with van der Waals surface area (Å²) in [5, 5.41) is 16.7. The van der Waals surface area contributed by atoms with Crippen molar-refractivity contribution in [1.29, 1.82) is 0 Å². The van der Waals surface area contributed by atoms with Crippen LogP contribution in [0, 0.1) is 6.92 Å². The molecule has 0 aliphatic carbocycles. The van der Waals surface area contributed by atoms with Crippen LogP contribution in [0.25, 0.3) is 11.3 Å². The van der Waals surface area contributed by atoms with Crippen LogP contribution < -0.4 is 10.5 Å². The number of primary sulfonamides is 1. The Morgan fingerprint density at radius 3 is 2.33 bits per heavy atom. The molecule has 1 aromatic heterocycles. The summed E-state index contributed by atoms with van der Waals surface area (Å²) in [6.45, 7) is 1.70. The number of benzene rings is 2. The maximum atomic E-state index is 11.6. The number of hydrogen-bond acceptors (Lipinski definition) is 5. The number of nitrogens with zero attached hydrogens (tertiary/aromatic N) is 2. The van der Waals surface area contributed by atoms with Crippen molar-refractivity contribution in [3.63, 3.8) is 0 Å². The maximum Gasteiger partial charge on any atom is 0.238 e. The van der Waals surface area contributed by atoms with Gasteiger partial charge in [0.05, 0.1) is 10.6 Å². The molecule has 0 spiro atoms. The van der Waals surface area contributed by atoms with Crippen LogP contribution in [0.4, 0.5) is 11.5 Å². The zero-order chi connectivity index (χ0) is 17.2. The standard InChI is InChI=1S/C17H16N4O2S/c1-12-7-8-13(11-16(12)24(18,22)23)15-9-10-17(21-20-15)19-14-5-3-2-4-6-14/h2-11H,1H3,(H,19,21)(H2,18,22,23). The lowest BCUT2D eigenvalue weighted by molar-refractivity contribution is 0.597. The Balaban J connectivity index is 1.89. The average Bonchev–Trinajstić information content (AvgIpc) is 2.56. The van der Waals surface area contributed by atoms with Crippen molar-refractivity contribution in [1.82, 2.24) is 10.2 Å². The molecular formula is C17H16N4O2S. The second kappa shape index (κ2) is 6.38. The Labute approximate surface area is 140 Å². The van der Waals surface area contributed by atoms with Crippen LogP contribution in [-0.2, 0) is 10.0 Å². The molecule has 3 N–H and O–H groups in total. The van der Waals surface area contributed by atoms with E-state index in [9.17, 15) is 8.42 Å².